The minimum atomic E-state index is -0.152. The maximum Gasteiger partial charge on any atom is 0.287 e. The van der Waals surface area contributed by atoms with E-state index in [0.29, 0.717) is 29.4 Å². The lowest BCUT2D eigenvalue weighted by Gasteiger charge is -2.22. The SMILES string of the molecule is CCn1c(C(=O)NC2CCCCC2)nc2c(N)ncnc21. The molecule has 7 heteroatoms. The lowest BCUT2D eigenvalue weighted by molar-refractivity contribution is 0.0913. The molecule has 0 spiro atoms. The van der Waals surface area contributed by atoms with Gasteiger partial charge in [-0.3, -0.25) is 4.79 Å². The zero-order chi connectivity index (χ0) is 14.8. The van der Waals surface area contributed by atoms with Crippen molar-refractivity contribution in [2.75, 3.05) is 5.73 Å². The average Bonchev–Trinajstić information content (AvgIpc) is 2.88. The molecule has 0 unspecified atom stereocenters. The number of nitrogens with two attached hydrogens (primary N) is 1. The first kappa shape index (κ1) is 13.8. The summed E-state index contributed by atoms with van der Waals surface area (Å²) in [5.41, 5.74) is 6.92. The molecule has 7 nitrogen and oxygen atoms in total. The fraction of sp³-hybridized carbons (Fsp3) is 0.571. The lowest BCUT2D eigenvalue weighted by atomic mass is 9.95. The molecule has 2 aromatic heterocycles. The van der Waals surface area contributed by atoms with E-state index in [1.165, 1.54) is 25.6 Å². The third-order valence-electron chi connectivity index (χ3n) is 4.02. The van der Waals surface area contributed by atoms with Gasteiger partial charge in [0.2, 0.25) is 5.82 Å². The molecule has 21 heavy (non-hydrogen) atoms. The molecule has 0 saturated heterocycles. The predicted octanol–water partition coefficient (Wildman–Crippen LogP) is 1.49. The van der Waals surface area contributed by atoms with Gasteiger partial charge in [-0.1, -0.05) is 19.3 Å². The zero-order valence-corrected chi connectivity index (χ0v) is 12.2. The van der Waals surface area contributed by atoms with Crippen LogP contribution >= 0.6 is 0 Å². The number of nitrogens with one attached hydrogen (secondary N) is 1. The van der Waals surface area contributed by atoms with Crippen molar-refractivity contribution in [1.82, 2.24) is 24.8 Å². The molecule has 0 aromatic carbocycles. The van der Waals surface area contributed by atoms with Gasteiger partial charge in [0.15, 0.2) is 17.0 Å². The molecule has 0 radical (unpaired) electrons. The van der Waals surface area contributed by atoms with E-state index in [-0.39, 0.29) is 11.9 Å². The number of imidazole rings is 1. The normalized spacial score (nSPS) is 16.2. The summed E-state index contributed by atoms with van der Waals surface area (Å²) in [4.78, 5) is 25.0. The van der Waals surface area contributed by atoms with Gasteiger partial charge in [0.05, 0.1) is 0 Å². The lowest BCUT2D eigenvalue weighted by Crippen LogP contribution is -2.37. The number of carbonyl (C=O) groups excluding carboxylic acids is 1. The maximum absolute atomic E-state index is 12.5. The number of nitrogen functional groups attached to an aromatic ring is 1. The highest BCUT2D eigenvalue weighted by molar-refractivity contribution is 5.96. The topological polar surface area (TPSA) is 98.7 Å². The first-order valence-electron chi connectivity index (χ1n) is 7.48. The molecule has 0 atom stereocenters. The van der Waals surface area contributed by atoms with E-state index in [9.17, 15) is 4.79 Å². The standard InChI is InChI=1S/C14H20N6O/c1-2-20-12-10(11(15)16-8-17-12)19-13(20)14(21)18-9-6-4-3-5-7-9/h8-9H,2-7H2,1H3,(H,18,21)(H2,15,16,17). The monoisotopic (exact) mass is 288 g/mol. The third-order valence-corrected chi connectivity index (χ3v) is 4.02. The molecule has 1 fully saturated rings. The molecule has 0 bridgehead atoms. The fourth-order valence-corrected chi connectivity index (χ4v) is 2.92. The number of aromatic nitrogens is 4. The molecule has 2 heterocycles. The average molecular weight is 288 g/mol. The van der Waals surface area contributed by atoms with Gasteiger partial charge in [0, 0.05) is 12.6 Å². The molecule has 2 aromatic rings. The summed E-state index contributed by atoms with van der Waals surface area (Å²) in [5, 5.41) is 3.08. The molecular formula is C14H20N6O. The van der Waals surface area contributed by atoms with Crippen LogP contribution in [0.5, 0.6) is 0 Å². The molecule has 112 valence electrons. The van der Waals surface area contributed by atoms with E-state index in [2.05, 4.69) is 20.3 Å². The summed E-state index contributed by atoms with van der Waals surface area (Å²) in [7, 11) is 0. The number of rotatable bonds is 3. The highest BCUT2D eigenvalue weighted by Crippen LogP contribution is 2.20. The molecular weight excluding hydrogens is 268 g/mol. The first-order valence-corrected chi connectivity index (χ1v) is 7.48. The Labute approximate surface area is 123 Å². The Morgan fingerprint density at radius 2 is 2.14 bits per heavy atom. The highest BCUT2D eigenvalue weighted by atomic mass is 16.2. The van der Waals surface area contributed by atoms with Gasteiger partial charge in [-0.05, 0) is 19.8 Å². The second-order valence-corrected chi connectivity index (χ2v) is 5.42. The van der Waals surface area contributed by atoms with Crippen LogP contribution in [0.3, 0.4) is 0 Å². The van der Waals surface area contributed by atoms with Crippen LogP contribution < -0.4 is 11.1 Å². The van der Waals surface area contributed by atoms with Crippen molar-refractivity contribution < 1.29 is 4.79 Å². The van der Waals surface area contributed by atoms with E-state index >= 15 is 0 Å². The number of anilines is 1. The van der Waals surface area contributed by atoms with E-state index in [1.807, 2.05) is 6.92 Å². The Morgan fingerprint density at radius 3 is 2.86 bits per heavy atom. The Kier molecular flexibility index (Phi) is 3.72. The van der Waals surface area contributed by atoms with Crippen molar-refractivity contribution in [1.29, 1.82) is 0 Å². The Hall–Kier alpha value is -2.18. The third kappa shape index (κ3) is 2.55. The number of nitrogens with zero attached hydrogens (tertiary/aromatic N) is 4. The molecule has 1 amide bonds. The number of fused-ring (bicyclic) bond motifs is 1. The quantitative estimate of drug-likeness (QED) is 0.891. The van der Waals surface area contributed by atoms with Gasteiger partial charge in [-0.25, -0.2) is 15.0 Å². The van der Waals surface area contributed by atoms with Crippen LogP contribution in [-0.2, 0) is 6.54 Å². The molecule has 1 aliphatic carbocycles. The summed E-state index contributed by atoms with van der Waals surface area (Å²) < 4.78 is 1.78. The molecule has 3 N–H and O–H groups in total. The van der Waals surface area contributed by atoms with Crippen LogP contribution in [-0.4, -0.2) is 31.5 Å². The minimum absolute atomic E-state index is 0.152. The van der Waals surface area contributed by atoms with E-state index in [0.717, 1.165) is 12.8 Å². The number of aryl methyl sites for hydroxylation is 1. The Morgan fingerprint density at radius 1 is 1.38 bits per heavy atom. The number of carbonyl (C=O) groups is 1. The first-order chi connectivity index (χ1) is 10.2. The molecule has 1 saturated carbocycles. The van der Waals surface area contributed by atoms with Gasteiger partial charge >= 0.3 is 0 Å². The van der Waals surface area contributed by atoms with Crippen LogP contribution in [0.2, 0.25) is 0 Å². The van der Waals surface area contributed by atoms with Crippen molar-refractivity contribution >= 4 is 22.9 Å². The number of hydrogen-bond acceptors (Lipinski definition) is 5. The van der Waals surface area contributed by atoms with Gasteiger partial charge in [0.1, 0.15) is 6.33 Å². The van der Waals surface area contributed by atoms with Crippen LogP contribution in [0.1, 0.15) is 49.6 Å². The van der Waals surface area contributed by atoms with Crippen molar-refractivity contribution in [3.8, 4) is 0 Å². The predicted molar refractivity (Wildman–Crippen MR) is 79.7 cm³/mol. The van der Waals surface area contributed by atoms with Gasteiger partial charge in [-0.15, -0.1) is 0 Å². The number of hydrogen-bond donors (Lipinski definition) is 2. The second-order valence-electron chi connectivity index (χ2n) is 5.42. The summed E-state index contributed by atoms with van der Waals surface area (Å²) in [6.45, 7) is 2.57. The van der Waals surface area contributed by atoms with Crippen LogP contribution in [0, 0.1) is 0 Å². The van der Waals surface area contributed by atoms with Crippen molar-refractivity contribution in [3.05, 3.63) is 12.2 Å². The summed E-state index contributed by atoms with van der Waals surface area (Å²) in [6, 6.07) is 0.250. The van der Waals surface area contributed by atoms with Crippen molar-refractivity contribution in [3.63, 3.8) is 0 Å². The fourth-order valence-electron chi connectivity index (χ4n) is 2.92. The zero-order valence-electron chi connectivity index (χ0n) is 12.2. The Bertz CT molecular complexity index is 659. The van der Waals surface area contributed by atoms with E-state index in [1.54, 1.807) is 4.57 Å². The van der Waals surface area contributed by atoms with E-state index < -0.39 is 0 Å². The summed E-state index contributed by atoms with van der Waals surface area (Å²) >= 11 is 0. The van der Waals surface area contributed by atoms with Crippen molar-refractivity contribution in [2.45, 2.75) is 51.6 Å². The molecule has 1 aliphatic rings. The van der Waals surface area contributed by atoms with Gasteiger partial charge in [0.25, 0.3) is 5.91 Å². The summed E-state index contributed by atoms with van der Waals surface area (Å²) in [6.07, 6.45) is 7.08. The minimum Gasteiger partial charge on any atom is -0.382 e. The number of amides is 1. The van der Waals surface area contributed by atoms with Crippen LogP contribution in [0.25, 0.3) is 11.2 Å². The smallest absolute Gasteiger partial charge is 0.287 e. The largest absolute Gasteiger partial charge is 0.382 e. The van der Waals surface area contributed by atoms with Crippen LogP contribution in [0.4, 0.5) is 5.82 Å². The van der Waals surface area contributed by atoms with Crippen molar-refractivity contribution in [2.24, 2.45) is 0 Å². The second kappa shape index (κ2) is 5.67. The van der Waals surface area contributed by atoms with Crippen LogP contribution in [0.15, 0.2) is 6.33 Å². The van der Waals surface area contributed by atoms with E-state index in [4.69, 9.17) is 5.73 Å². The molecule has 0 aliphatic heterocycles. The molecule has 3 rings (SSSR count). The summed E-state index contributed by atoms with van der Waals surface area (Å²) in [5.74, 6) is 0.519. The highest BCUT2D eigenvalue weighted by Gasteiger charge is 2.22. The Balaban J connectivity index is 1.91. The van der Waals surface area contributed by atoms with Gasteiger partial charge < -0.3 is 15.6 Å². The maximum atomic E-state index is 12.5. The van der Waals surface area contributed by atoms with Gasteiger partial charge in [-0.2, -0.15) is 0 Å².